The first-order valence-electron chi connectivity index (χ1n) is 12.2. The van der Waals surface area contributed by atoms with E-state index in [4.69, 9.17) is 0 Å². The van der Waals surface area contributed by atoms with Crippen LogP contribution in [0.3, 0.4) is 0 Å². The number of carbonyl (C=O) groups is 3. The highest BCUT2D eigenvalue weighted by molar-refractivity contribution is 6.00. The zero-order valence-electron chi connectivity index (χ0n) is 21.0. The van der Waals surface area contributed by atoms with Gasteiger partial charge in [0.25, 0.3) is 0 Å². The predicted octanol–water partition coefficient (Wildman–Crippen LogP) is 2.37. The van der Waals surface area contributed by atoms with Gasteiger partial charge < -0.3 is 10.2 Å². The normalized spacial score (nSPS) is 15.5. The van der Waals surface area contributed by atoms with Crippen LogP contribution in [0.1, 0.15) is 34.5 Å². The van der Waals surface area contributed by atoms with Crippen LogP contribution in [0.2, 0.25) is 0 Å². The zero-order chi connectivity index (χ0) is 26.4. The van der Waals surface area contributed by atoms with Crippen molar-refractivity contribution in [3.63, 3.8) is 0 Å². The van der Waals surface area contributed by atoms with E-state index in [-0.39, 0.29) is 36.3 Å². The fourth-order valence-electron chi connectivity index (χ4n) is 3.77. The molecule has 2 aromatic rings. The highest BCUT2D eigenvalue weighted by atomic mass is 19.1. The number of nitrogens with zero attached hydrogens (tertiary/aromatic N) is 5. The lowest BCUT2D eigenvalue weighted by atomic mass is 10.1. The topological polar surface area (TPSA) is 111 Å². The number of likely N-dealkylation sites (N-methyl/N-ethyl adjacent to an activating group) is 1. The van der Waals surface area contributed by atoms with E-state index in [1.807, 2.05) is 11.9 Å². The number of hydrogen-bond acceptors (Lipinski definition) is 7. The average molecular weight is 508 g/mol. The maximum Gasteiger partial charge on any atom is 0.328 e. The number of urea groups is 1. The van der Waals surface area contributed by atoms with Crippen LogP contribution >= 0.6 is 0 Å². The Kier molecular flexibility index (Phi) is 8.30. The van der Waals surface area contributed by atoms with E-state index in [1.54, 1.807) is 29.3 Å². The highest BCUT2D eigenvalue weighted by Gasteiger charge is 2.23. The first kappa shape index (κ1) is 26.0. The summed E-state index contributed by atoms with van der Waals surface area (Å²) >= 11 is 0. The minimum atomic E-state index is -0.550. The Morgan fingerprint density at radius 2 is 2.14 bits per heavy atom. The molecule has 0 spiro atoms. The van der Waals surface area contributed by atoms with E-state index in [0.717, 1.165) is 19.4 Å². The van der Waals surface area contributed by atoms with Crippen molar-refractivity contribution in [1.29, 1.82) is 0 Å². The van der Waals surface area contributed by atoms with Gasteiger partial charge in [-0.1, -0.05) is 17.9 Å². The van der Waals surface area contributed by atoms with Gasteiger partial charge in [-0.2, -0.15) is 0 Å². The van der Waals surface area contributed by atoms with Crippen molar-refractivity contribution in [3.8, 4) is 11.8 Å². The molecule has 3 heterocycles. The van der Waals surface area contributed by atoms with Crippen molar-refractivity contribution in [2.24, 2.45) is 5.92 Å². The number of hydrogen-bond donors (Lipinski definition) is 2. The number of carbonyl (C=O) groups excluding carboxylic acids is 3. The second-order valence-electron chi connectivity index (χ2n) is 9.15. The second kappa shape index (κ2) is 11.8. The number of piperazine rings is 1. The molecule has 1 saturated carbocycles. The minimum Gasteiger partial charge on any atom is -0.381 e. The fraction of sp³-hybridized carbons (Fsp3) is 0.423. The summed E-state index contributed by atoms with van der Waals surface area (Å²) in [5, 5.41) is 5.67. The number of halogens is 1. The van der Waals surface area contributed by atoms with E-state index >= 15 is 0 Å². The van der Waals surface area contributed by atoms with E-state index in [0.29, 0.717) is 42.1 Å². The van der Waals surface area contributed by atoms with Gasteiger partial charge in [0.05, 0.1) is 17.8 Å². The van der Waals surface area contributed by atoms with Crippen molar-refractivity contribution in [1.82, 2.24) is 19.8 Å². The second-order valence-corrected chi connectivity index (χ2v) is 9.15. The molecule has 1 saturated heterocycles. The number of pyridine rings is 2. The number of alkyl halides is 1. The average Bonchev–Trinajstić information content (AvgIpc) is 3.72. The summed E-state index contributed by atoms with van der Waals surface area (Å²) in [5.74, 6) is 7.14. The molecule has 0 atom stereocenters. The lowest BCUT2D eigenvalue weighted by Gasteiger charge is -2.32. The fourth-order valence-corrected chi connectivity index (χ4v) is 3.77. The maximum absolute atomic E-state index is 12.9. The van der Waals surface area contributed by atoms with Crippen LogP contribution in [0.25, 0.3) is 0 Å². The molecule has 0 bridgehead atoms. The van der Waals surface area contributed by atoms with Crippen LogP contribution < -0.4 is 15.5 Å². The molecule has 3 amide bonds. The van der Waals surface area contributed by atoms with Gasteiger partial charge in [0.1, 0.15) is 24.0 Å². The van der Waals surface area contributed by atoms with Gasteiger partial charge in [-0.15, -0.1) is 0 Å². The Hall–Kier alpha value is -4.04. The number of aldehydes is 1. The third-order valence-corrected chi connectivity index (χ3v) is 6.17. The Labute approximate surface area is 215 Å². The first-order valence-corrected chi connectivity index (χ1v) is 12.2. The number of rotatable bonds is 8. The summed E-state index contributed by atoms with van der Waals surface area (Å²) in [7, 11) is 3.41. The molecule has 11 heteroatoms. The number of anilines is 3. The molecule has 194 valence electrons. The molecular weight excluding hydrogens is 477 g/mol. The first-order chi connectivity index (χ1) is 17.9. The van der Waals surface area contributed by atoms with Crippen LogP contribution in [0.15, 0.2) is 24.4 Å². The quantitative estimate of drug-likeness (QED) is 0.417. The molecule has 37 heavy (non-hydrogen) atoms. The molecule has 0 unspecified atom stereocenters. The van der Waals surface area contributed by atoms with Crippen molar-refractivity contribution in [2.45, 2.75) is 19.4 Å². The van der Waals surface area contributed by atoms with Gasteiger partial charge in [-0.05, 0) is 26.0 Å². The number of nitrogens with one attached hydrogen (secondary N) is 2. The number of amides is 3. The van der Waals surface area contributed by atoms with Crippen LogP contribution in [-0.2, 0) is 11.3 Å². The smallest absolute Gasteiger partial charge is 0.328 e. The summed E-state index contributed by atoms with van der Waals surface area (Å²) < 4.78 is 12.8. The summed E-state index contributed by atoms with van der Waals surface area (Å²) in [6.45, 7) is 1.49. The summed E-state index contributed by atoms with van der Waals surface area (Å²) in [4.78, 5) is 50.4. The van der Waals surface area contributed by atoms with Crippen LogP contribution in [0.5, 0.6) is 0 Å². The highest BCUT2D eigenvalue weighted by Crippen LogP contribution is 2.28. The SMILES string of the molecule is CN1CCN(Cc2ccc(N(C)C(=O)Nc3cc(NCCF)c(C#CC4CC4)cn3)nc2C=O)C(=O)C1. The van der Waals surface area contributed by atoms with Crippen LogP contribution in [0.4, 0.5) is 26.5 Å². The molecule has 2 aromatic heterocycles. The molecule has 2 aliphatic rings. The van der Waals surface area contributed by atoms with E-state index in [2.05, 4.69) is 32.4 Å². The van der Waals surface area contributed by atoms with Gasteiger partial charge >= 0.3 is 6.03 Å². The molecule has 0 radical (unpaired) electrons. The lowest BCUT2D eigenvalue weighted by Crippen LogP contribution is -2.48. The maximum atomic E-state index is 12.9. The zero-order valence-corrected chi connectivity index (χ0v) is 21.0. The molecule has 1 aliphatic carbocycles. The molecule has 4 rings (SSSR count). The van der Waals surface area contributed by atoms with Gasteiger partial charge in [0, 0.05) is 57.0 Å². The van der Waals surface area contributed by atoms with Crippen molar-refractivity contribution in [3.05, 3.63) is 41.2 Å². The van der Waals surface area contributed by atoms with Gasteiger partial charge in [0.2, 0.25) is 5.91 Å². The molecule has 1 aliphatic heterocycles. The Balaban J connectivity index is 1.45. The summed E-state index contributed by atoms with van der Waals surface area (Å²) in [5.41, 5.74) is 2.00. The van der Waals surface area contributed by atoms with E-state index in [1.165, 1.54) is 11.9 Å². The molecule has 2 N–H and O–H groups in total. The van der Waals surface area contributed by atoms with Gasteiger partial charge in [-0.3, -0.25) is 24.7 Å². The molecular formula is C26H30FN7O3. The van der Waals surface area contributed by atoms with Crippen LogP contribution in [0, 0.1) is 17.8 Å². The third kappa shape index (κ3) is 6.80. The lowest BCUT2D eigenvalue weighted by molar-refractivity contribution is -0.136. The largest absolute Gasteiger partial charge is 0.381 e. The van der Waals surface area contributed by atoms with Crippen LogP contribution in [-0.4, -0.2) is 84.9 Å². The number of aromatic nitrogens is 2. The van der Waals surface area contributed by atoms with Crippen molar-refractivity contribution < 1.29 is 18.8 Å². The Bertz CT molecular complexity index is 1240. The van der Waals surface area contributed by atoms with Gasteiger partial charge in [-0.25, -0.2) is 19.2 Å². The Morgan fingerprint density at radius 3 is 2.84 bits per heavy atom. The monoisotopic (exact) mass is 507 g/mol. The summed E-state index contributed by atoms with van der Waals surface area (Å²) in [6.07, 6.45) is 4.34. The predicted molar refractivity (Wildman–Crippen MR) is 138 cm³/mol. The summed E-state index contributed by atoms with van der Waals surface area (Å²) in [6, 6.07) is 4.41. The third-order valence-electron chi connectivity index (χ3n) is 6.17. The molecule has 10 nitrogen and oxygen atoms in total. The van der Waals surface area contributed by atoms with Crippen molar-refractivity contribution >= 4 is 35.5 Å². The van der Waals surface area contributed by atoms with E-state index < -0.39 is 12.7 Å². The van der Waals surface area contributed by atoms with E-state index in [9.17, 15) is 18.8 Å². The van der Waals surface area contributed by atoms with Gasteiger partial charge in [0.15, 0.2) is 6.29 Å². The minimum absolute atomic E-state index is 0.0106. The standard InChI is InChI=1S/C26H30FN7O3/c1-32-11-12-34(25(36)16-32)15-20-7-8-24(30-22(20)17-35)33(2)26(37)31-23-13-21(28-10-9-27)19(14-29-23)6-5-18-3-4-18/h7-8,13-14,17-18H,3-4,9-12,15-16H2,1-2H3,(H2,28,29,31,37). The van der Waals surface area contributed by atoms with Crippen molar-refractivity contribution in [2.75, 3.05) is 62.5 Å². The molecule has 2 fully saturated rings. The molecule has 0 aromatic carbocycles. The Morgan fingerprint density at radius 1 is 1.32 bits per heavy atom.